The van der Waals surface area contributed by atoms with Crippen molar-refractivity contribution >= 4 is 5.91 Å². The molecule has 0 aliphatic heterocycles. The first-order valence-corrected chi connectivity index (χ1v) is 9.63. The number of rotatable bonds is 7. The van der Waals surface area contributed by atoms with Crippen molar-refractivity contribution in [2.45, 2.75) is 37.9 Å². The molecule has 11 heteroatoms. The van der Waals surface area contributed by atoms with Crippen LogP contribution in [-0.4, -0.2) is 43.4 Å². The molecule has 4 rings (SSSR count). The van der Waals surface area contributed by atoms with Crippen molar-refractivity contribution in [3.8, 4) is 11.7 Å². The van der Waals surface area contributed by atoms with Gasteiger partial charge in [-0.3, -0.25) is 4.79 Å². The summed E-state index contributed by atoms with van der Waals surface area (Å²) in [6.45, 7) is 0.298. The van der Waals surface area contributed by atoms with Crippen LogP contribution in [0.25, 0.3) is 5.95 Å². The maximum absolute atomic E-state index is 12.9. The number of carbonyl (C=O) groups is 1. The van der Waals surface area contributed by atoms with Gasteiger partial charge in [-0.2, -0.15) is 23.0 Å². The molecule has 3 aromatic rings. The number of ether oxygens (including phenoxy) is 1. The Morgan fingerprint density at radius 2 is 1.97 bits per heavy atom. The Labute approximate surface area is 175 Å². The van der Waals surface area contributed by atoms with Crippen LogP contribution < -0.4 is 10.1 Å². The van der Waals surface area contributed by atoms with E-state index in [1.54, 1.807) is 37.5 Å². The summed E-state index contributed by atoms with van der Waals surface area (Å²) in [7, 11) is 0. The zero-order chi connectivity index (χ0) is 22.0. The lowest BCUT2D eigenvalue weighted by molar-refractivity contribution is -0.153. The third-order valence-electron chi connectivity index (χ3n) is 4.69. The van der Waals surface area contributed by atoms with Crippen LogP contribution in [0, 0.1) is 0 Å². The number of nitrogens with zero attached hydrogens (tertiary/aromatic N) is 5. The number of alkyl halides is 3. The smallest absolute Gasteiger partial charge is 0.422 e. The van der Waals surface area contributed by atoms with Crippen LogP contribution in [0.15, 0.2) is 43.0 Å². The lowest BCUT2D eigenvalue weighted by atomic mass is 10.1. The van der Waals surface area contributed by atoms with Gasteiger partial charge in [0.1, 0.15) is 12.1 Å². The lowest BCUT2D eigenvalue weighted by Gasteiger charge is -2.16. The van der Waals surface area contributed by atoms with E-state index in [1.807, 2.05) is 0 Å². The molecule has 31 heavy (non-hydrogen) atoms. The highest BCUT2D eigenvalue weighted by atomic mass is 19.4. The van der Waals surface area contributed by atoms with Crippen LogP contribution in [-0.2, 0) is 0 Å². The number of hydrogen-bond acceptors (Lipinski definition) is 6. The van der Waals surface area contributed by atoms with Crippen LogP contribution in [0.3, 0.4) is 0 Å². The minimum atomic E-state index is -4.46. The fourth-order valence-electron chi connectivity index (χ4n) is 3.10. The summed E-state index contributed by atoms with van der Waals surface area (Å²) in [5.41, 5.74) is 1.01. The van der Waals surface area contributed by atoms with Gasteiger partial charge < -0.3 is 10.1 Å². The van der Waals surface area contributed by atoms with Crippen molar-refractivity contribution < 1.29 is 22.7 Å². The third kappa shape index (κ3) is 5.16. The predicted molar refractivity (Wildman–Crippen MR) is 103 cm³/mol. The number of benzene rings is 1. The van der Waals surface area contributed by atoms with Crippen LogP contribution in [0.1, 0.15) is 53.5 Å². The number of nitrogens with one attached hydrogen (secondary N) is 1. The highest BCUT2D eigenvalue weighted by molar-refractivity contribution is 5.95. The summed E-state index contributed by atoms with van der Waals surface area (Å²) in [5, 5.41) is 6.90. The molecule has 0 saturated heterocycles. The molecule has 1 aromatic carbocycles. The van der Waals surface area contributed by atoms with E-state index in [2.05, 4.69) is 25.4 Å². The van der Waals surface area contributed by atoms with E-state index in [-0.39, 0.29) is 17.2 Å². The average Bonchev–Trinajstić information content (AvgIpc) is 3.48. The molecular formula is C20H19F3N6O2. The number of carbonyl (C=O) groups excluding carboxylic acids is 1. The second-order valence-corrected chi connectivity index (χ2v) is 7.24. The summed E-state index contributed by atoms with van der Waals surface area (Å²) in [6.07, 6.45) is 1.84. The van der Waals surface area contributed by atoms with Gasteiger partial charge in [0.25, 0.3) is 11.9 Å². The molecule has 1 aliphatic rings. The van der Waals surface area contributed by atoms with Crippen LogP contribution >= 0.6 is 0 Å². The van der Waals surface area contributed by atoms with Gasteiger partial charge in [-0.25, -0.2) is 15.0 Å². The fraction of sp³-hybridized carbons (Fsp3) is 0.350. The Hall–Kier alpha value is -3.50. The molecule has 0 radical (unpaired) electrons. The van der Waals surface area contributed by atoms with E-state index in [9.17, 15) is 18.0 Å². The SMILES string of the molecule is CC(NC(=O)c1cc(OCC(F)(F)F)cc(C2CC2)c1)c1ncnn1-c1ncccn1. The minimum absolute atomic E-state index is 0.0142. The molecule has 1 aliphatic carbocycles. The molecule has 1 N–H and O–H groups in total. The van der Waals surface area contributed by atoms with Crippen molar-refractivity contribution in [3.63, 3.8) is 0 Å². The van der Waals surface area contributed by atoms with Crippen molar-refractivity contribution in [2.24, 2.45) is 0 Å². The summed E-state index contributed by atoms with van der Waals surface area (Å²) in [5.74, 6) is 0.494. The van der Waals surface area contributed by atoms with E-state index in [1.165, 1.54) is 17.1 Å². The third-order valence-corrected chi connectivity index (χ3v) is 4.69. The average molecular weight is 432 g/mol. The molecule has 1 amide bonds. The minimum Gasteiger partial charge on any atom is -0.484 e. The molecule has 2 aromatic heterocycles. The summed E-state index contributed by atoms with van der Waals surface area (Å²) in [6, 6.07) is 5.65. The maximum Gasteiger partial charge on any atom is 0.422 e. The zero-order valence-corrected chi connectivity index (χ0v) is 16.5. The fourth-order valence-corrected chi connectivity index (χ4v) is 3.10. The molecule has 0 spiro atoms. The first-order chi connectivity index (χ1) is 14.8. The molecule has 162 valence electrons. The summed E-state index contributed by atoms with van der Waals surface area (Å²) in [4.78, 5) is 25.3. The first-order valence-electron chi connectivity index (χ1n) is 9.63. The maximum atomic E-state index is 12.9. The van der Waals surface area contributed by atoms with Crippen LogP contribution in [0.2, 0.25) is 0 Å². The van der Waals surface area contributed by atoms with Gasteiger partial charge in [-0.1, -0.05) is 0 Å². The van der Waals surface area contributed by atoms with E-state index >= 15 is 0 Å². The van der Waals surface area contributed by atoms with Crippen molar-refractivity contribution in [3.05, 3.63) is 59.9 Å². The Balaban J connectivity index is 1.53. The van der Waals surface area contributed by atoms with Gasteiger partial charge in [0.05, 0.1) is 6.04 Å². The summed E-state index contributed by atoms with van der Waals surface area (Å²) >= 11 is 0. The molecule has 2 heterocycles. The molecule has 8 nitrogen and oxygen atoms in total. The van der Waals surface area contributed by atoms with Gasteiger partial charge in [0, 0.05) is 18.0 Å². The Morgan fingerprint density at radius 1 is 1.23 bits per heavy atom. The van der Waals surface area contributed by atoms with Crippen LogP contribution in [0.5, 0.6) is 5.75 Å². The standard InChI is InChI=1S/C20H19F3N6O2/c1-12(17-26-11-27-29(17)19-24-5-2-6-25-19)28-18(30)15-7-14(13-3-4-13)8-16(9-15)31-10-20(21,22)23/h2,5-9,11-13H,3-4,10H2,1H3,(H,28,30). The topological polar surface area (TPSA) is 94.8 Å². The van der Waals surface area contributed by atoms with Gasteiger partial charge in [-0.05, 0) is 55.5 Å². The molecule has 1 unspecified atom stereocenters. The number of amides is 1. The largest absolute Gasteiger partial charge is 0.484 e. The highest BCUT2D eigenvalue weighted by Gasteiger charge is 2.30. The second-order valence-electron chi connectivity index (χ2n) is 7.24. The molecule has 1 atom stereocenters. The quantitative estimate of drug-likeness (QED) is 0.615. The second kappa shape index (κ2) is 8.32. The number of halogens is 3. The molecule has 1 saturated carbocycles. The van der Waals surface area contributed by atoms with E-state index in [4.69, 9.17) is 4.74 Å². The number of hydrogen-bond donors (Lipinski definition) is 1. The Kier molecular flexibility index (Phi) is 5.57. The Bertz CT molecular complexity index is 1070. The lowest BCUT2D eigenvalue weighted by Crippen LogP contribution is -2.29. The Morgan fingerprint density at radius 3 is 2.65 bits per heavy atom. The first kappa shape index (κ1) is 20.8. The van der Waals surface area contributed by atoms with E-state index < -0.39 is 24.7 Å². The van der Waals surface area contributed by atoms with Gasteiger partial charge in [0.15, 0.2) is 12.4 Å². The molecule has 1 fully saturated rings. The predicted octanol–water partition coefficient (Wildman–Crippen LogP) is 3.37. The zero-order valence-electron chi connectivity index (χ0n) is 16.5. The van der Waals surface area contributed by atoms with Gasteiger partial charge in [-0.15, -0.1) is 0 Å². The van der Waals surface area contributed by atoms with Crippen LogP contribution in [0.4, 0.5) is 13.2 Å². The number of aromatic nitrogens is 5. The van der Waals surface area contributed by atoms with Crippen molar-refractivity contribution in [2.75, 3.05) is 6.61 Å². The van der Waals surface area contributed by atoms with Gasteiger partial charge in [0.2, 0.25) is 0 Å². The van der Waals surface area contributed by atoms with E-state index in [0.29, 0.717) is 11.8 Å². The summed E-state index contributed by atoms with van der Waals surface area (Å²) < 4.78 is 43.9. The van der Waals surface area contributed by atoms with E-state index in [0.717, 1.165) is 18.4 Å². The van der Waals surface area contributed by atoms with Gasteiger partial charge >= 0.3 is 6.18 Å². The normalized spacial score (nSPS) is 14.8. The van der Waals surface area contributed by atoms with Crippen molar-refractivity contribution in [1.82, 2.24) is 30.0 Å². The molecular weight excluding hydrogens is 413 g/mol. The van der Waals surface area contributed by atoms with Crippen molar-refractivity contribution in [1.29, 1.82) is 0 Å². The molecule has 0 bridgehead atoms. The highest BCUT2D eigenvalue weighted by Crippen LogP contribution is 2.41. The monoisotopic (exact) mass is 432 g/mol.